The Morgan fingerprint density at radius 1 is 1.29 bits per heavy atom. The molecule has 1 saturated heterocycles. The van der Waals surface area contributed by atoms with Crippen LogP contribution >= 0.6 is 0 Å². The summed E-state index contributed by atoms with van der Waals surface area (Å²) in [5, 5.41) is 8.45. The minimum Gasteiger partial charge on any atom is -0.443 e. The van der Waals surface area contributed by atoms with Gasteiger partial charge < -0.3 is 15.1 Å². The first-order chi connectivity index (χ1) is 11.4. The van der Waals surface area contributed by atoms with Crippen LogP contribution in [0.3, 0.4) is 0 Å². The lowest BCUT2D eigenvalue weighted by atomic mass is 9.94. The topological polar surface area (TPSA) is 86.0 Å². The molecular weight excluding hydrogens is 304 g/mol. The van der Waals surface area contributed by atoms with E-state index >= 15 is 0 Å². The zero-order valence-corrected chi connectivity index (χ0v) is 14.9. The average molecular weight is 332 g/mol. The van der Waals surface area contributed by atoms with Crippen LogP contribution in [0.15, 0.2) is 16.8 Å². The zero-order valence-electron chi connectivity index (χ0n) is 14.9. The minimum absolute atomic E-state index is 0.0320. The predicted octanol–water partition coefficient (Wildman–Crippen LogP) is 1.58. The van der Waals surface area contributed by atoms with Gasteiger partial charge in [0.15, 0.2) is 0 Å². The summed E-state index contributed by atoms with van der Waals surface area (Å²) in [5.41, 5.74) is 6.92. The maximum absolute atomic E-state index is 5.94. The van der Waals surface area contributed by atoms with Crippen LogP contribution in [-0.4, -0.2) is 50.6 Å². The molecule has 0 radical (unpaired) electrons. The molecule has 1 aliphatic heterocycles. The standard InChI is InChI=1S/C17H28N6O/c1-17(2,3)15-10-19-16(24-15)12-23-11-14(20-21-23)6-9-22-7-4-13(18)5-8-22/h10-11,13H,4-9,12,18H2,1-3H3. The summed E-state index contributed by atoms with van der Waals surface area (Å²) in [4.78, 5) is 6.79. The van der Waals surface area contributed by atoms with E-state index in [0.29, 0.717) is 18.5 Å². The Kier molecular flexibility index (Phi) is 5.01. The second-order valence-electron chi connectivity index (χ2n) is 7.70. The van der Waals surface area contributed by atoms with Crippen molar-refractivity contribution in [1.82, 2.24) is 24.9 Å². The molecule has 0 unspecified atom stereocenters. The number of likely N-dealkylation sites (tertiary alicyclic amines) is 1. The summed E-state index contributed by atoms with van der Waals surface area (Å²) >= 11 is 0. The van der Waals surface area contributed by atoms with Gasteiger partial charge >= 0.3 is 0 Å². The van der Waals surface area contributed by atoms with E-state index in [2.05, 4.69) is 41.0 Å². The van der Waals surface area contributed by atoms with Crippen molar-refractivity contribution in [2.45, 2.75) is 58.0 Å². The lowest BCUT2D eigenvalue weighted by molar-refractivity contribution is 0.215. The van der Waals surface area contributed by atoms with Crippen LogP contribution in [-0.2, 0) is 18.4 Å². The zero-order chi connectivity index (χ0) is 17.2. The summed E-state index contributed by atoms with van der Waals surface area (Å²) in [6, 6.07) is 0.376. The fraction of sp³-hybridized carbons (Fsp3) is 0.706. The van der Waals surface area contributed by atoms with Crippen molar-refractivity contribution in [3.05, 3.63) is 29.7 Å². The van der Waals surface area contributed by atoms with E-state index in [9.17, 15) is 0 Å². The Morgan fingerprint density at radius 3 is 2.71 bits per heavy atom. The first-order valence-corrected chi connectivity index (χ1v) is 8.72. The van der Waals surface area contributed by atoms with Gasteiger partial charge in [0.25, 0.3) is 0 Å². The van der Waals surface area contributed by atoms with Crippen molar-refractivity contribution < 1.29 is 4.42 Å². The van der Waals surface area contributed by atoms with Gasteiger partial charge in [-0.1, -0.05) is 26.0 Å². The Bertz CT molecular complexity index is 648. The average Bonchev–Trinajstić information content (AvgIpc) is 3.16. The normalized spacial score (nSPS) is 17.5. The van der Waals surface area contributed by atoms with E-state index < -0.39 is 0 Å². The molecule has 7 heteroatoms. The lowest BCUT2D eigenvalue weighted by Crippen LogP contribution is -2.40. The van der Waals surface area contributed by atoms with E-state index in [1.165, 1.54) is 0 Å². The molecule has 2 aromatic rings. The second-order valence-corrected chi connectivity index (χ2v) is 7.70. The van der Waals surface area contributed by atoms with Gasteiger partial charge in [-0.25, -0.2) is 9.67 Å². The number of aromatic nitrogens is 4. The third-order valence-electron chi connectivity index (χ3n) is 4.49. The third-order valence-corrected chi connectivity index (χ3v) is 4.49. The molecule has 2 aromatic heterocycles. The molecule has 0 spiro atoms. The summed E-state index contributed by atoms with van der Waals surface area (Å²) in [5.74, 6) is 1.56. The minimum atomic E-state index is -0.0320. The van der Waals surface area contributed by atoms with Crippen LogP contribution in [0.2, 0.25) is 0 Å². The van der Waals surface area contributed by atoms with E-state index in [-0.39, 0.29) is 5.41 Å². The number of hydrogen-bond acceptors (Lipinski definition) is 6. The Morgan fingerprint density at radius 2 is 2.04 bits per heavy atom. The van der Waals surface area contributed by atoms with E-state index in [4.69, 9.17) is 10.2 Å². The number of piperidine rings is 1. The molecule has 0 atom stereocenters. The van der Waals surface area contributed by atoms with Gasteiger partial charge in [0.2, 0.25) is 5.89 Å². The molecule has 0 bridgehead atoms. The smallest absolute Gasteiger partial charge is 0.216 e. The molecule has 0 amide bonds. The van der Waals surface area contributed by atoms with Crippen LogP contribution in [0.4, 0.5) is 0 Å². The number of hydrogen-bond donors (Lipinski definition) is 1. The maximum atomic E-state index is 5.94. The molecule has 1 aliphatic rings. The largest absolute Gasteiger partial charge is 0.443 e. The Balaban J connectivity index is 1.51. The molecule has 0 saturated carbocycles. The third kappa shape index (κ3) is 4.42. The van der Waals surface area contributed by atoms with Gasteiger partial charge in [-0.3, -0.25) is 0 Å². The Labute approximate surface area is 143 Å². The molecular formula is C17H28N6O. The molecule has 7 nitrogen and oxygen atoms in total. The lowest BCUT2D eigenvalue weighted by Gasteiger charge is -2.29. The fourth-order valence-electron chi connectivity index (χ4n) is 2.85. The van der Waals surface area contributed by atoms with Gasteiger partial charge in [0.1, 0.15) is 12.3 Å². The highest BCUT2D eigenvalue weighted by Gasteiger charge is 2.19. The van der Waals surface area contributed by atoms with Crippen LogP contribution in [0.5, 0.6) is 0 Å². The van der Waals surface area contributed by atoms with Crippen molar-refractivity contribution in [1.29, 1.82) is 0 Å². The monoisotopic (exact) mass is 332 g/mol. The maximum Gasteiger partial charge on any atom is 0.216 e. The molecule has 0 aromatic carbocycles. The molecule has 3 heterocycles. The summed E-state index contributed by atoms with van der Waals surface area (Å²) in [7, 11) is 0. The number of nitrogens with two attached hydrogens (primary N) is 1. The molecule has 24 heavy (non-hydrogen) atoms. The summed E-state index contributed by atoms with van der Waals surface area (Å²) in [6.45, 7) is 10.0. The van der Waals surface area contributed by atoms with Gasteiger partial charge in [-0.05, 0) is 25.9 Å². The van der Waals surface area contributed by atoms with E-state index in [0.717, 1.165) is 50.4 Å². The van der Waals surface area contributed by atoms with Gasteiger partial charge in [-0.15, -0.1) is 5.10 Å². The quantitative estimate of drug-likeness (QED) is 0.894. The van der Waals surface area contributed by atoms with Gasteiger partial charge in [0.05, 0.1) is 11.9 Å². The molecule has 2 N–H and O–H groups in total. The molecule has 1 fully saturated rings. The first kappa shape index (κ1) is 17.1. The van der Waals surface area contributed by atoms with Crippen LogP contribution < -0.4 is 5.73 Å². The summed E-state index contributed by atoms with van der Waals surface area (Å²) < 4.78 is 7.60. The molecule has 0 aliphatic carbocycles. The van der Waals surface area contributed by atoms with Crippen molar-refractivity contribution in [3.63, 3.8) is 0 Å². The second kappa shape index (κ2) is 7.03. The van der Waals surface area contributed by atoms with Crippen molar-refractivity contribution in [2.24, 2.45) is 5.73 Å². The summed E-state index contributed by atoms with van der Waals surface area (Å²) in [6.07, 6.45) is 6.87. The van der Waals surface area contributed by atoms with E-state index in [1.54, 1.807) is 10.9 Å². The molecule has 3 rings (SSSR count). The molecule has 132 valence electrons. The highest BCUT2D eigenvalue weighted by molar-refractivity contribution is 5.06. The SMILES string of the molecule is CC(C)(C)c1cnc(Cn2cc(CCN3CCC(N)CC3)nn2)o1. The van der Waals surface area contributed by atoms with Gasteiger partial charge in [0, 0.05) is 30.6 Å². The highest BCUT2D eigenvalue weighted by atomic mass is 16.4. The first-order valence-electron chi connectivity index (χ1n) is 8.72. The van der Waals surface area contributed by atoms with Crippen molar-refractivity contribution in [3.8, 4) is 0 Å². The number of nitrogens with zero attached hydrogens (tertiary/aromatic N) is 5. The van der Waals surface area contributed by atoms with Gasteiger partial charge in [-0.2, -0.15) is 0 Å². The van der Waals surface area contributed by atoms with Crippen molar-refractivity contribution >= 4 is 0 Å². The van der Waals surface area contributed by atoms with Crippen molar-refractivity contribution in [2.75, 3.05) is 19.6 Å². The predicted molar refractivity (Wildman–Crippen MR) is 91.7 cm³/mol. The number of rotatable bonds is 5. The highest BCUT2D eigenvalue weighted by Crippen LogP contribution is 2.22. The fourth-order valence-corrected chi connectivity index (χ4v) is 2.85. The van der Waals surface area contributed by atoms with Crippen LogP contribution in [0, 0.1) is 0 Å². The Hall–Kier alpha value is -1.73. The van der Waals surface area contributed by atoms with E-state index in [1.807, 2.05) is 6.20 Å². The number of oxazole rings is 1. The van der Waals surface area contributed by atoms with Crippen LogP contribution in [0.25, 0.3) is 0 Å². The van der Waals surface area contributed by atoms with Crippen LogP contribution in [0.1, 0.15) is 51.0 Å².